The fraction of sp³-hybridized carbons (Fsp3) is 0.750. The molecule has 0 aromatic carbocycles. The van der Waals surface area contributed by atoms with Crippen molar-refractivity contribution in [2.75, 3.05) is 13.1 Å². The SMILES string of the molecule is CC(C)n1cc([C@@]2(O)CCN(Cc3noc(C(C)(C)C)n3)C2)nn1. The van der Waals surface area contributed by atoms with Crippen LogP contribution in [-0.4, -0.2) is 48.2 Å². The number of likely N-dealkylation sites (tertiary alicyclic amines) is 1. The highest BCUT2D eigenvalue weighted by Gasteiger charge is 2.40. The Morgan fingerprint density at radius 1 is 1.38 bits per heavy atom. The van der Waals surface area contributed by atoms with E-state index in [-0.39, 0.29) is 11.5 Å². The quantitative estimate of drug-likeness (QED) is 0.908. The summed E-state index contributed by atoms with van der Waals surface area (Å²) in [6.45, 7) is 12.0. The van der Waals surface area contributed by atoms with E-state index in [2.05, 4.69) is 25.4 Å². The van der Waals surface area contributed by atoms with Crippen LogP contribution < -0.4 is 0 Å². The minimum Gasteiger partial charge on any atom is -0.382 e. The minimum absolute atomic E-state index is 0.160. The third-order valence-corrected chi connectivity index (χ3v) is 4.32. The highest BCUT2D eigenvalue weighted by molar-refractivity contribution is 5.11. The minimum atomic E-state index is -0.969. The molecule has 2 aromatic heterocycles. The van der Waals surface area contributed by atoms with Crippen molar-refractivity contribution in [3.63, 3.8) is 0 Å². The summed E-state index contributed by atoms with van der Waals surface area (Å²) in [6.07, 6.45) is 2.45. The maximum absolute atomic E-state index is 10.9. The van der Waals surface area contributed by atoms with Gasteiger partial charge in [0.05, 0.1) is 12.7 Å². The zero-order valence-electron chi connectivity index (χ0n) is 15.0. The predicted octanol–water partition coefficient (Wildman–Crippen LogP) is 1.63. The third-order valence-electron chi connectivity index (χ3n) is 4.32. The van der Waals surface area contributed by atoms with Crippen LogP contribution in [0.5, 0.6) is 0 Å². The molecule has 0 spiro atoms. The molecule has 8 nitrogen and oxygen atoms in total. The number of rotatable bonds is 4. The molecule has 1 fully saturated rings. The molecule has 3 heterocycles. The van der Waals surface area contributed by atoms with Gasteiger partial charge in [-0.25, -0.2) is 4.68 Å². The van der Waals surface area contributed by atoms with E-state index in [0.29, 0.717) is 36.9 Å². The van der Waals surface area contributed by atoms with E-state index in [1.165, 1.54) is 0 Å². The van der Waals surface area contributed by atoms with Crippen LogP contribution >= 0.6 is 0 Å². The van der Waals surface area contributed by atoms with Gasteiger partial charge in [-0.05, 0) is 20.3 Å². The van der Waals surface area contributed by atoms with Crippen molar-refractivity contribution in [3.05, 3.63) is 23.6 Å². The Morgan fingerprint density at radius 2 is 2.12 bits per heavy atom. The van der Waals surface area contributed by atoms with Crippen LogP contribution in [0.15, 0.2) is 10.7 Å². The van der Waals surface area contributed by atoms with Crippen molar-refractivity contribution in [1.82, 2.24) is 30.0 Å². The molecule has 132 valence electrons. The lowest BCUT2D eigenvalue weighted by Crippen LogP contribution is -2.31. The van der Waals surface area contributed by atoms with E-state index in [1.54, 1.807) is 4.68 Å². The lowest BCUT2D eigenvalue weighted by atomic mass is 9.97. The van der Waals surface area contributed by atoms with E-state index < -0.39 is 5.60 Å². The molecule has 1 aliphatic rings. The van der Waals surface area contributed by atoms with Gasteiger partial charge in [-0.2, -0.15) is 4.98 Å². The van der Waals surface area contributed by atoms with E-state index in [1.807, 2.05) is 40.8 Å². The molecule has 2 aromatic rings. The van der Waals surface area contributed by atoms with Crippen LogP contribution in [0.25, 0.3) is 0 Å². The second kappa shape index (κ2) is 5.93. The molecule has 1 atom stereocenters. The van der Waals surface area contributed by atoms with Gasteiger partial charge < -0.3 is 9.63 Å². The summed E-state index contributed by atoms with van der Waals surface area (Å²) < 4.78 is 7.10. The van der Waals surface area contributed by atoms with E-state index in [9.17, 15) is 5.11 Å². The van der Waals surface area contributed by atoms with Gasteiger partial charge in [0.15, 0.2) is 5.82 Å². The van der Waals surface area contributed by atoms with Crippen LogP contribution in [-0.2, 0) is 17.6 Å². The zero-order valence-corrected chi connectivity index (χ0v) is 15.0. The van der Waals surface area contributed by atoms with Crippen molar-refractivity contribution >= 4 is 0 Å². The summed E-state index contributed by atoms with van der Waals surface area (Å²) in [4.78, 5) is 6.58. The smallest absolute Gasteiger partial charge is 0.232 e. The molecule has 0 unspecified atom stereocenters. The molecule has 0 radical (unpaired) electrons. The van der Waals surface area contributed by atoms with Crippen molar-refractivity contribution in [3.8, 4) is 0 Å². The maximum atomic E-state index is 10.9. The summed E-state index contributed by atoms with van der Waals surface area (Å²) in [5.74, 6) is 1.28. The Labute approximate surface area is 141 Å². The summed E-state index contributed by atoms with van der Waals surface area (Å²) in [5, 5.41) is 23.2. The zero-order chi connectivity index (χ0) is 17.5. The number of aliphatic hydroxyl groups is 1. The third kappa shape index (κ3) is 3.34. The molecule has 0 bridgehead atoms. The molecule has 8 heteroatoms. The van der Waals surface area contributed by atoms with Gasteiger partial charge in [0, 0.05) is 24.5 Å². The molecule has 3 rings (SSSR count). The Kier molecular flexibility index (Phi) is 4.21. The van der Waals surface area contributed by atoms with Crippen LogP contribution in [0.1, 0.15) is 64.5 Å². The van der Waals surface area contributed by atoms with Crippen LogP contribution in [0.2, 0.25) is 0 Å². The average Bonchev–Trinajstić information content (AvgIpc) is 3.18. The van der Waals surface area contributed by atoms with E-state index >= 15 is 0 Å². The predicted molar refractivity (Wildman–Crippen MR) is 87.2 cm³/mol. The number of hydrogen-bond acceptors (Lipinski definition) is 7. The molecule has 24 heavy (non-hydrogen) atoms. The van der Waals surface area contributed by atoms with Crippen molar-refractivity contribution in [2.24, 2.45) is 0 Å². The van der Waals surface area contributed by atoms with Crippen molar-refractivity contribution in [1.29, 1.82) is 0 Å². The summed E-state index contributed by atoms with van der Waals surface area (Å²) in [6, 6.07) is 0.225. The highest BCUT2D eigenvalue weighted by Crippen LogP contribution is 2.31. The van der Waals surface area contributed by atoms with E-state index in [4.69, 9.17) is 4.52 Å². The Morgan fingerprint density at radius 3 is 2.71 bits per heavy atom. The second-order valence-corrected chi connectivity index (χ2v) is 7.94. The molecule has 1 N–H and O–H groups in total. The molecular formula is C16H26N6O2. The van der Waals surface area contributed by atoms with Crippen LogP contribution in [0, 0.1) is 0 Å². The molecule has 0 saturated carbocycles. The van der Waals surface area contributed by atoms with Gasteiger partial charge in [0.25, 0.3) is 0 Å². The fourth-order valence-electron chi connectivity index (χ4n) is 2.78. The average molecular weight is 334 g/mol. The second-order valence-electron chi connectivity index (χ2n) is 7.94. The van der Waals surface area contributed by atoms with Crippen molar-refractivity contribution < 1.29 is 9.63 Å². The number of hydrogen-bond donors (Lipinski definition) is 1. The number of β-amino-alcohol motifs (C(OH)–C–C–N with tert-alkyl or cyclic N) is 1. The number of aromatic nitrogens is 5. The lowest BCUT2D eigenvalue weighted by Gasteiger charge is -2.20. The molecule has 0 amide bonds. The molecule has 1 saturated heterocycles. The molecular weight excluding hydrogens is 308 g/mol. The Bertz CT molecular complexity index is 701. The first-order chi connectivity index (χ1) is 11.2. The highest BCUT2D eigenvalue weighted by atomic mass is 16.5. The topological polar surface area (TPSA) is 93.1 Å². The normalized spacial score (nSPS) is 22.6. The monoisotopic (exact) mass is 334 g/mol. The van der Waals surface area contributed by atoms with Gasteiger partial charge in [0.1, 0.15) is 11.3 Å². The standard InChI is InChI=1S/C16H26N6O2/c1-11(2)22-8-12(18-20-22)16(23)6-7-21(10-16)9-13-17-14(24-19-13)15(3,4)5/h8,11,23H,6-7,9-10H2,1-5H3/t16-/m1/s1. The first-order valence-electron chi connectivity index (χ1n) is 8.37. The van der Waals surface area contributed by atoms with Crippen molar-refractivity contribution in [2.45, 2.75) is 64.6 Å². The van der Waals surface area contributed by atoms with E-state index in [0.717, 1.165) is 6.54 Å². The molecule has 0 aliphatic carbocycles. The van der Waals surface area contributed by atoms with Crippen LogP contribution in [0.4, 0.5) is 0 Å². The lowest BCUT2D eigenvalue weighted by molar-refractivity contribution is 0.0405. The maximum Gasteiger partial charge on any atom is 0.232 e. The van der Waals surface area contributed by atoms with Gasteiger partial charge in [-0.15, -0.1) is 5.10 Å². The summed E-state index contributed by atoms with van der Waals surface area (Å²) >= 11 is 0. The molecule has 1 aliphatic heterocycles. The van der Waals surface area contributed by atoms with Crippen LogP contribution in [0.3, 0.4) is 0 Å². The van der Waals surface area contributed by atoms with Gasteiger partial charge in [-0.3, -0.25) is 4.90 Å². The first kappa shape index (κ1) is 17.0. The fourth-order valence-corrected chi connectivity index (χ4v) is 2.78. The first-order valence-corrected chi connectivity index (χ1v) is 8.37. The largest absolute Gasteiger partial charge is 0.382 e. The summed E-state index contributed by atoms with van der Waals surface area (Å²) in [7, 11) is 0. The van der Waals surface area contributed by atoms with Gasteiger partial charge in [0.2, 0.25) is 5.89 Å². The summed E-state index contributed by atoms with van der Waals surface area (Å²) in [5.41, 5.74) is -0.502. The number of nitrogens with zero attached hydrogens (tertiary/aromatic N) is 6. The Hall–Kier alpha value is -1.80. The Balaban J connectivity index is 1.67. The van der Waals surface area contributed by atoms with Gasteiger partial charge in [-0.1, -0.05) is 31.1 Å². The van der Waals surface area contributed by atoms with Gasteiger partial charge >= 0.3 is 0 Å².